The fourth-order valence-electron chi connectivity index (χ4n) is 2.99. The SMILES string of the molecule is CC(C)Cc1cc2ccccc2c(S(N)(=O)=O)c1CC(C)C. The molecule has 0 aliphatic carbocycles. The summed E-state index contributed by atoms with van der Waals surface area (Å²) in [5, 5.41) is 7.24. The van der Waals surface area contributed by atoms with Gasteiger partial charge in [-0.3, -0.25) is 0 Å². The average molecular weight is 319 g/mol. The average Bonchev–Trinajstić information content (AvgIpc) is 2.36. The highest BCUT2D eigenvalue weighted by atomic mass is 32.2. The number of nitrogens with two attached hydrogens (primary N) is 1. The molecule has 2 aromatic rings. The van der Waals surface area contributed by atoms with E-state index in [2.05, 4.69) is 33.8 Å². The summed E-state index contributed by atoms with van der Waals surface area (Å²) in [5.41, 5.74) is 2.00. The van der Waals surface area contributed by atoms with Gasteiger partial charge in [0.2, 0.25) is 10.0 Å². The minimum Gasteiger partial charge on any atom is -0.225 e. The van der Waals surface area contributed by atoms with Gasteiger partial charge < -0.3 is 0 Å². The summed E-state index contributed by atoms with van der Waals surface area (Å²) in [6, 6.07) is 9.71. The molecule has 0 saturated carbocycles. The Morgan fingerprint density at radius 1 is 1.00 bits per heavy atom. The maximum Gasteiger partial charge on any atom is 0.238 e. The molecule has 0 spiro atoms. The van der Waals surface area contributed by atoms with E-state index in [1.807, 2.05) is 24.3 Å². The fraction of sp³-hybridized carbons (Fsp3) is 0.444. The molecule has 0 radical (unpaired) electrons. The molecule has 22 heavy (non-hydrogen) atoms. The zero-order valence-electron chi connectivity index (χ0n) is 13.8. The van der Waals surface area contributed by atoms with Gasteiger partial charge in [-0.1, -0.05) is 58.0 Å². The minimum atomic E-state index is -3.76. The molecule has 2 N–H and O–H groups in total. The van der Waals surface area contributed by atoms with Crippen molar-refractivity contribution in [3.8, 4) is 0 Å². The van der Waals surface area contributed by atoms with Crippen LogP contribution in [0.5, 0.6) is 0 Å². The Morgan fingerprint density at radius 2 is 1.59 bits per heavy atom. The highest BCUT2D eigenvalue weighted by Gasteiger charge is 2.22. The van der Waals surface area contributed by atoms with Crippen LogP contribution in [0, 0.1) is 11.8 Å². The predicted molar refractivity (Wildman–Crippen MR) is 92.4 cm³/mol. The second-order valence-electron chi connectivity index (χ2n) is 6.81. The van der Waals surface area contributed by atoms with E-state index < -0.39 is 10.0 Å². The molecule has 0 saturated heterocycles. The van der Waals surface area contributed by atoms with Crippen molar-refractivity contribution in [2.45, 2.75) is 45.4 Å². The lowest BCUT2D eigenvalue weighted by Crippen LogP contribution is -2.18. The molecule has 2 rings (SSSR count). The third-order valence-electron chi connectivity index (χ3n) is 3.72. The van der Waals surface area contributed by atoms with Crippen LogP contribution >= 0.6 is 0 Å². The summed E-state index contributed by atoms with van der Waals surface area (Å²) < 4.78 is 24.5. The van der Waals surface area contributed by atoms with Gasteiger partial charge in [0.05, 0.1) is 4.90 Å². The molecule has 0 aliphatic heterocycles. The van der Waals surface area contributed by atoms with E-state index in [1.165, 1.54) is 0 Å². The Kier molecular flexibility index (Phi) is 4.93. The molecule has 3 nitrogen and oxygen atoms in total. The molecule has 2 aromatic carbocycles. The van der Waals surface area contributed by atoms with Crippen LogP contribution < -0.4 is 5.14 Å². The van der Waals surface area contributed by atoms with Gasteiger partial charge in [-0.2, -0.15) is 0 Å². The molecule has 0 amide bonds. The number of fused-ring (bicyclic) bond motifs is 1. The first-order valence-corrected chi connectivity index (χ1v) is 9.31. The first-order chi connectivity index (χ1) is 10.2. The maximum absolute atomic E-state index is 12.3. The highest BCUT2D eigenvalue weighted by Crippen LogP contribution is 2.32. The number of sulfonamides is 1. The molecule has 0 atom stereocenters. The summed E-state index contributed by atoms with van der Waals surface area (Å²) in [6.07, 6.45) is 1.58. The lowest BCUT2D eigenvalue weighted by molar-refractivity contribution is 0.588. The van der Waals surface area contributed by atoms with Crippen LogP contribution in [0.3, 0.4) is 0 Å². The van der Waals surface area contributed by atoms with Crippen LogP contribution in [-0.4, -0.2) is 8.42 Å². The Bertz CT molecular complexity index is 777. The van der Waals surface area contributed by atoms with Crippen molar-refractivity contribution in [2.75, 3.05) is 0 Å². The number of hydrogen-bond acceptors (Lipinski definition) is 2. The van der Waals surface area contributed by atoms with Gasteiger partial charge in [0.1, 0.15) is 0 Å². The van der Waals surface area contributed by atoms with E-state index in [0.29, 0.717) is 16.7 Å². The predicted octanol–water partition coefficient (Wildman–Crippen LogP) is 3.88. The lowest BCUT2D eigenvalue weighted by Gasteiger charge is -2.19. The summed E-state index contributed by atoms with van der Waals surface area (Å²) >= 11 is 0. The molecule has 0 fully saturated rings. The highest BCUT2D eigenvalue weighted by molar-refractivity contribution is 7.89. The third kappa shape index (κ3) is 3.68. The van der Waals surface area contributed by atoms with Crippen LogP contribution in [0.4, 0.5) is 0 Å². The molecule has 0 bridgehead atoms. The van der Waals surface area contributed by atoms with Crippen molar-refractivity contribution < 1.29 is 8.42 Å². The molecule has 0 aliphatic rings. The summed E-state index contributed by atoms with van der Waals surface area (Å²) in [5.74, 6) is 0.827. The molecule has 4 heteroatoms. The van der Waals surface area contributed by atoms with Crippen molar-refractivity contribution in [3.63, 3.8) is 0 Å². The van der Waals surface area contributed by atoms with Crippen LogP contribution in [0.25, 0.3) is 10.8 Å². The van der Waals surface area contributed by atoms with Gasteiger partial charge in [-0.05, 0) is 41.2 Å². The van der Waals surface area contributed by atoms with E-state index in [4.69, 9.17) is 5.14 Å². The standard InChI is InChI=1S/C18H25NO2S/c1-12(2)9-15-11-14-7-5-6-8-16(14)18(22(19,20)21)17(15)10-13(3)4/h5-8,11-13H,9-10H2,1-4H3,(H2,19,20,21). The van der Waals surface area contributed by atoms with E-state index in [1.54, 1.807) is 0 Å². The topological polar surface area (TPSA) is 60.2 Å². The number of hydrogen-bond donors (Lipinski definition) is 1. The second kappa shape index (κ2) is 6.39. The largest absolute Gasteiger partial charge is 0.238 e. The number of rotatable bonds is 5. The number of benzene rings is 2. The van der Waals surface area contributed by atoms with Crippen LogP contribution in [-0.2, 0) is 22.9 Å². The Labute approximate surface area is 133 Å². The van der Waals surface area contributed by atoms with E-state index in [-0.39, 0.29) is 0 Å². The zero-order chi connectivity index (χ0) is 16.5. The second-order valence-corrected chi connectivity index (χ2v) is 8.30. The van der Waals surface area contributed by atoms with Crippen molar-refractivity contribution >= 4 is 20.8 Å². The quantitative estimate of drug-likeness (QED) is 0.909. The van der Waals surface area contributed by atoms with E-state index in [0.717, 1.165) is 34.7 Å². The van der Waals surface area contributed by atoms with Gasteiger partial charge in [0, 0.05) is 5.39 Å². The number of primary sulfonamides is 1. The lowest BCUT2D eigenvalue weighted by atomic mass is 9.90. The molecular weight excluding hydrogens is 294 g/mol. The normalized spacial score (nSPS) is 12.5. The van der Waals surface area contributed by atoms with Gasteiger partial charge in [0.15, 0.2) is 0 Å². The molecule has 0 aromatic heterocycles. The van der Waals surface area contributed by atoms with Gasteiger partial charge in [-0.15, -0.1) is 0 Å². The van der Waals surface area contributed by atoms with E-state index in [9.17, 15) is 8.42 Å². The van der Waals surface area contributed by atoms with E-state index >= 15 is 0 Å². The molecular formula is C18H25NO2S. The summed E-state index contributed by atoms with van der Waals surface area (Å²) in [6.45, 7) is 8.48. The Balaban J connectivity index is 2.87. The van der Waals surface area contributed by atoms with Gasteiger partial charge in [0.25, 0.3) is 0 Å². The van der Waals surface area contributed by atoms with Crippen molar-refractivity contribution in [1.29, 1.82) is 0 Å². The van der Waals surface area contributed by atoms with Crippen LogP contribution in [0.15, 0.2) is 35.2 Å². The maximum atomic E-state index is 12.3. The van der Waals surface area contributed by atoms with Gasteiger partial charge >= 0.3 is 0 Å². The molecule has 0 unspecified atom stereocenters. The van der Waals surface area contributed by atoms with Crippen molar-refractivity contribution in [3.05, 3.63) is 41.5 Å². The minimum absolute atomic E-state index is 0.315. The molecule has 0 heterocycles. The Hall–Kier alpha value is -1.39. The smallest absolute Gasteiger partial charge is 0.225 e. The first kappa shape index (κ1) is 17.0. The molecule has 120 valence electrons. The summed E-state index contributed by atoms with van der Waals surface area (Å²) in [4.78, 5) is 0.315. The van der Waals surface area contributed by atoms with Crippen LogP contribution in [0.1, 0.15) is 38.8 Å². The van der Waals surface area contributed by atoms with Crippen LogP contribution in [0.2, 0.25) is 0 Å². The first-order valence-electron chi connectivity index (χ1n) is 7.76. The summed E-state index contributed by atoms with van der Waals surface area (Å²) in [7, 11) is -3.76. The monoisotopic (exact) mass is 319 g/mol. The third-order valence-corrected chi connectivity index (χ3v) is 4.76. The van der Waals surface area contributed by atoms with Gasteiger partial charge in [-0.25, -0.2) is 13.6 Å². The fourth-order valence-corrected chi connectivity index (χ4v) is 4.04. The Morgan fingerprint density at radius 3 is 2.14 bits per heavy atom. The zero-order valence-corrected chi connectivity index (χ0v) is 14.6. The van der Waals surface area contributed by atoms with Crippen molar-refractivity contribution in [2.24, 2.45) is 17.0 Å². The van der Waals surface area contributed by atoms with Crippen molar-refractivity contribution in [1.82, 2.24) is 0 Å².